The maximum absolute atomic E-state index is 14.3. The van der Waals surface area contributed by atoms with Gasteiger partial charge in [0.1, 0.15) is 5.75 Å². The summed E-state index contributed by atoms with van der Waals surface area (Å²) in [6.07, 6.45) is -0.00941. The molecule has 2 aromatic carbocycles. The molecule has 0 radical (unpaired) electrons. The molecule has 2 rings (SSSR count). The normalized spacial score (nSPS) is 12.5. The molecule has 0 aromatic heterocycles. The molecular weight excluding hydrogens is 297 g/mol. The molecule has 0 spiro atoms. The van der Waals surface area contributed by atoms with Gasteiger partial charge in [-0.25, -0.2) is 18.0 Å². The largest absolute Gasteiger partial charge is 0.507 e. The lowest BCUT2D eigenvalue weighted by Crippen LogP contribution is -2.00. The molecule has 22 heavy (non-hydrogen) atoms. The molecule has 1 atom stereocenters. The minimum absolute atomic E-state index is 0.0746. The zero-order valence-electron chi connectivity index (χ0n) is 11.1. The van der Waals surface area contributed by atoms with Crippen LogP contribution in [0.15, 0.2) is 42.5 Å². The maximum Gasteiger partial charge on any atom is 0.328 e. The number of benzene rings is 2. The predicted molar refractivity (Wildman–Crippen MR) is 74.1 cm³/mol. The van der Waals surface area contributed by atoms with Gasteiger partial charge < -0.3 is 10.2 Å². The number of carboxylic acid groups (broad SMARTS) is 1. The fourth-order valence-electron chi connectivity index (χ4n) is 1.92. The lowest BCUT2D eigenvalue weighted by atomic mass is 10.00. The summed E-state index contributed by atoms with van der Waals surface area (Å²) in [6, 6.07) is 6.76. The fraction of sp³-hybridized carbons (Fsp3) is 0.0625. The molecule has 0 saturated carbocycles. The Hall–Kier alpha value is -2.76. The van der Waals surface area contributed by atoms with Crippen LogP contribution in [0.3, 0.4) is 0 Å². The monoisotopic (exact) mass is 308 g/mol. The van der Waals surface area contributed by atoms with Gasteiger partial charge in [0.05, 0.1) is 0 Å². The zero-order valence-corrected chi connectivity index (χ0v) is 11.1. The van der Waals surface area contributed by atoms with E-state index >= 15 is 0 Å². The Kier molecular flexibility index (Phi) is 4.50. The number of phenols is 1. The molecule has 0 aliphatic heterocycles. The molecule has 1 unspecified atom stereocenters. The summed E-state index contributed by atoms with van der Waals surface area (Å²) in [5.74, 6) is -4.02. The second-order valence-electron chi connectivity index (χ2n) is 4.50. The molecule has 0 amide bonds. The molecule has 0 aliphatic carbocycles. The van der Waals surface area contributed by atoms with E-state index in [0.717, 1.165) is 30.4 Å². The molecule has 0 heterocycles. The zero-order chi connectivity index (χ0) is 16.3. The highest BCUT2D eigenvalue weighted by Gasteiger charge is 2.20. The van der Waals surface area contributed by atoms with Gasteiger partial charge in [0, 0.05) is 17.2 Å². The van der Waals surface area contributed by atoms with Crippen molar-refractivity contribution in [2.75, 3.05) is 0 Å². The van der Waals surface area contributed by atoms with Gasteiger partial charge in [0.25, 0.3) is 0 Å². The molecule has 0 bridgehead atoms. The second-order valence-corrected chi connectivity index (χ2v) is 4.50. The third-order valence-electron chi connectivity index (χ3n) is 3.01. The van der Waals surface area contributed by atoms with Crippen LogP contribution in [0.25, 0.3) is 6.08 Å². The minimum atomic E-state index is -1.96. The maximum atomic E-state index is 14.3. The molecule has 2 aromatic rings. The molecular formula is C16H11F3O3. The Morgan fingerprint density at radius 3 is 2.55 bits per heavy atom. The Morgan fingerprint density at radius 2 is 1.91 bits per heavy atom. The van der Waals surface area contributed by atoms with Gasteiger partial charge in [0.2, 0.25) is 0 Å². The predicted octanol–water partition coefficient (Wildman–Crippen LogP) is 3.83. The van der Waals surface area contributed by atoms with E-state index in [4.69, 9.17) is 5.11 Å². The average molecular weight is 308 g/mol. The number of hydrogen-bond donors (Lipinski definition) is 2. The van der Waals surface area contributed by atoms with Crippen molar-refractivity contribution in [1.29, 1.82) is 0 Å². The van der Waals surface area contributed by atoms with E-state index in [2.05, 4.69) is 0 Å². The summed E-state index contributed by atoms with van der Waals surface area (Å²) in [5, 5.41) is 18.3. The van der Waals surface area contributed by atoms with E-state index < -0.39 is 29.3 Å². The number of aromatic hydroxyl groups is 1. The molecule has 3 nitrogen and oxygen atoms in total. The van der Waals surface area contributed by atoms with E-state index in [-0.39, 0.29) is 16.9 Å². The summed E-state index contributed by atoms with van der Waals surface area (Å²) in [7, 11) is 0. The van der Waals surface area contributed by atoms with Crippen molar-refractivity contribution in [3.63, 3.8) is 0 Å². The number of rotatable bonds is 4. The first-order valence-corrected chi connectivity index (χ1v) is 6.22. The Balaban J connectivity index is 2.35. The van der Waals surface area contributed by atoms with E-state index in [9.17, 15) is 23.1 Å². The van der Waals surface area contributed by atoms with Gasteiger partial charge in [-0.15, -0.1) is 0 Å². The fourth-order valence-corrected chi connectivity index (χ4v) is 1.92. The smallest absolute Gasteiger partial charge is 0.328 e. The Labute approximate surface area is 124 Å². The SMILES string of the molecule is O=C(O)C=Cc1ccc(C(F)c2cccc(F)c2F)cc1O. The van der Waals surface area contributed by atoms with Crippen molar-refractivity contribution >= 4 is 12.0 Å². The van der Waals surface area contributed by atoms with Crippen molar-refractivity contribution in [2.24, 2.45) is 0 Å². The molecule has 0 fully saturated rings. The highest BCUT2D eigenvalue weighted by molar-refractivity contribution is 5.85. The first-order chi connectivity index (χ1) is 10.4. The van der Waals surface area contributed by atoms with Gasteiger partial charge in [0.15, 0.2) is 17.8 Å². The highest BCUT2D eigenvalue weighted by atomic mass is 19.2. The Morgan fingerprint density at radius 1 is 1.18 bits per heavy atom. The van der Waals surface area contributed by atoms with Gasteiger partial charge in [-0.05, 0) is 23.8 Å². The second kappa shape index (κ2) is 6.34. The average Bonchev–Trinajstić information content (AvgIpc) is 2.48. The third kappa shape index (κ3) is 3.28. The number of aliphatic carboxylic acids is 1. The first-order valence-electron chi connectivity index (χ1n) is 6.22. The number of carbonyl (C=O) groups is 1. The Bertz CT molecular complexity index is 741. The van der Waals surface area contributed by atoms with Crippen LogP contribution in [0.4, 0.5) is 13.2 Å². The molecule has 6 heteroatoms. The van der Waals surface area contributed by atoms with E-state index in [0.29, 0.717) is 0 Å². The first kappa shape index (κ1) is 15.6. The van der Waals surface area contributed by atoms with Crippen LogP contribution < -0.4 is 0 Å². The lowest BCUT2D eigenvalue weighted by molar-refractivity contribution is -0.131. The van der Waals surface area contributed by atoms with Crippen LogP contribution in [0.1, 0.15) is 22.9 Å². The highest BCUT2D eigenvalue weighted by Crippen LogP contribution is 2.32. The van der Waals surface area contributed by atoms with Crippen LogP contribution in [0.2, 0.25) is 0 Å². The van der Waals surface area contributed by atoms with Gasteiger partial charge in [-0.3, -0.25) is 0 Å². The minimum Gasteiger partial charge on any atom is -0.507 e. The summed E-state index contributed by atoms with van der Waals surface area (Å²) < 4.78 is 41.0. The van der Waals surface area contributed by atoms with Crippen molar-refractivity contribution in [3.8, 4) is 5.75 Å². The summed E-state index contributed by atoms with van der Waals surface area (Å²) in [6.45, 7) is 0. The number of halogens is 3. The summed E-state index contributed by atoms with van der Waals surface area (Å²) in [4.78, 5) is 10.4. The summed E-state index contributed by atoms with van der Waals surface area (Å²) in [5.41, 5.74) is -0.388. The van der Waals surface area contributed by atoms with Gasteiger partial charge >= 0.3 is 5.97 Å². The molecule has 2 N–H and O–H groups in total. The van der Waals surface area contributed by atoms with Crippen molar-refractivity contribution < 1.29 is 28.2 Å². The van der Waals surface area contributed by atoms with Crippen LogP contribution in [0, 0.1) is 11.6 Å². The lowest BCUT2D eigenvalue weighted by Gasteiger charge is -2.11. The van der Waals surface area contributed by atoms with E-state index in [1.54, 1.807) is 0 Å². The number of alkyl halides is 1. The van der Waals surface area contributed by atoms with Crippen molar-refractivity contribution in [1.82, 2.24) is 0 Å². The van der Waals surface area contributed by atoms with E-state index in [1.807, 2.05) is 0 Å². The molecule has 0 aliphatic rings. The van der Waals surface area contributed by atoms with E-state index in [1.165, 1.54) is 18.2 Å². The molecule has 114 valence electrons. The van der Waals surface area contributed by atoms with Crippen LogP contribution >= 0.6 is 0 Å². The third-order valence-corrected chi connectivity index (χ3v) is 3.01. The quantitative estimate of drug-likeness (QED) is 0.844. The van der Waals surface area contributed by atoms with Crippen molar-refractivity contribution in [3.05, 3.63) is 70.8 Å². The van der Waals surface area contributed by atoms with Crippen LogP contribution in [-0.2, 0) is 4.79 Å². The number of phenolic OH excluding ortho intramolecular Hbond substituents is 1. The number of hydrogen-bond acceptors (Lipinski definition) is 2. The standard InChI is InChI=1S/C16H11F3O3/c17-12-3-1-2-11(16(12)19)15(18)10-5-4-9(13(20)8-10)6-7-14(21)22/h1-8,15,20H,(H,21,22). The molecule has 0 saturated heterocycles. The number of carboxylic acids is 1. The topological polar surface area (TPSA) is 57.5 Å². The van der Waals surface area contributed by atoms with Crippen LogP contribution in [0.5, 0.6) is 5.75 Å². The summed E-state index contributed by atoms with van der Waals surface area (Å²) >= 11 is 0. The van der Waals surface area contributed by atoms with Gasteiger partial charge in [-0.1, -0.05) is 24.3 Å². The van der Waals surface area contributed by atoms with Crippen molar-refractivity contribution in [2.45, 2.75) is 6.17 Å². The van der Waals surface area contributed by atoms with Gasteiger partial charge in [-0.2, -0.15) is 0 Å². The van der Waals surface area contributed by atoms with Crippen LogP contribution in [-0.4, -0.2) is 16.2 Å².